The summed E-state index contributed by atoms with van der Waals surface area (Å²) in [6, 6.07) is 11.7. The molecule has 1 atom stereocenters. The van der Waals surface area contributed by atoms with E-state index < -0.39 is 6.10 Å². The van der Waals surface area contributed by atoms with Gasteiger partial charge in [0.05, 0.1) is 6.10 Å². The molecule has 0 saturated carbocycles. The Bertz CT molecular complexity index is 633. The van der Waals surface area contributed by atoms with E-state index in [-0.39, 0.29) is 12.6 Å². The molecule has 5 heteroatoms. The molecule has 3 rings (SSSR count). The van der Waals surface area contributed by atoms with Crippen molar-refractivity contribution in [2.24, 2.45) is 0 Å². The number of hydrogen-bond acceptors (Lipinski definition) is 4. The van der Waals surface area contributed by atoms with Crippen LogP contribution in [0.4, 0.5) is 4.39 Å². The summed E-state index contributed by atoms with van der Waals surface area (Å²) in [6.07, 6.45) is -0.755. The molecule has 1 aliphatic heterocycles. The van der Waals surface area contributed by atoms with Gasteiger partial charge in [-0.05, 0) is 23.8 Å². The summed E-state index contributed by atoms with van der Waals surface area (Å²) in [7, 11) is 0. The van der Waals surface area contributed by atoms with Crippen LogP contribution in [0.2, 0.25) is 0 Å². The molecule has 2 aromatic rings. The maximum absolute atomic E-state index is 13.1. The highest BCUT2D eigenvalue weighted by atomic mass is 19.1. The van der Waals surface area contributed by atoms with Crippen molar-refractivity contribution in [3.63, 3.8) is 0 Å². The van der Waals surface area contributed by atoms with Crippen molar-refractivity contribution in [2.75, 3.05) is 13.3 Å². The topological polar surface area (TPSA) is 50.7 Å². The molecule has 0 amide bonds. The summed E-state index contributed by atoms with van der Waals surface area (Å²) in [6.45, 7) is 1.10. The molecule has 0 radical (unpaired) electrons. The van der Waals surface area contributed by atoms with Crippen LogP contribution in [0.3, 0.4) is 0 Å². The molecular formula is C16H16FNO3. The number of halogens is 1. The van der Waals surface area contributed by atoms with Gasteiger partial charge < -0.3 is 19.9 Å². The van der Waals surface area contributed by atoms with E-state index in [4.69, 9.17) is 9.47 Å². The Balaban J connectivity index is 1.58. The lowest BCUT2D eigenvalue weighted by atomic mass is 10.1. The number of para-hydroxylation sites is 1. The largest absolute Gasteiger partial charge is 0.454 e. The second-order valence-electron chi connectivity index (χ2n) is 4.85. The smallest absolute Gasteiger partial charge is 0.231 e. The summed E-state index contributed by atoms with van der Waals surface area (Å²) in [5, 5.41) is 13.2. The minimum absolute atomic E-state index is 0.234. The second kappa shape index (κ2) is 6.11. The number of aliphatic hydroxyl groups excluding tert-OH is 1. The van der Waals surface area contributed by atoms with E-state index in [0.29, 0.717) is 18.7 Å². The number of ether oxygens (including phenoxy) is 2. The van der Waals surface area contributed by atoms with Crippen LogP contribution >= 0.6 is 0 Å². The van der Waals surface area contributed by atoms with Gasteiger partial charge in [0.1, 0.15) is 5.82 Å². The van der Waals surface area contributed by atoms with Crippen LogP contribution in [-0.4, -0.2) is 18.4 Å². The van der Waals surface area contributed by atoms with Crippen molar-refractivity contribution in [3.05, 3.63) is 59.4 Å². The van der Waals surface area contributed by atoms with Gasteiger partial charge in [0, 0.05) is 18.7 Å². The predicted octanol–water partition coefficient (Wildman–Crippen LogP) is 2.38. The minimum atomic E-state index is -0.755. The quantitative estimate of drug-likeness (QED) is 0.887. The molecule has 1 heterocycles. The Morgan fingerprint density at radius 3 is 2.90 bits per heavy atom. The molecular weight excluding hydrogens is 273 g/mol. The number of nitrogens with one attached hydrogen (secondary N) is 1. The lowest BCUT2D eigenvalue weighted by Crippen LogP contribution is -2.21. The molecule has 1 aliphatic rings. The number of aliphatic hydroxyl groups is 1. The van der Waals surface area contributed by atoms with E-state index in [1.807, 2.05) is 18.2 Å². The molecule has 0 aromatic heterocycles. The number of rotatable bonds is 5. The monoisotopic (exact) mass is 289 g/mol. The molecule has 0 aliphatic carbocycles. The molecule has 0 saturated heterocycles. The minimum Gasteiger partial charge on any atom is -0.454 e. The third-order valence-electron chi connectivity index (χ3n) is 3.36. The Kier molecular flexibility index (Phi) is 4.03. The van der Waals surface area contributed by atoms with Gasteiger partial charge in [0.2, 0.25) is 6.79 Å². The summed E-state index contributed by atoms with van der Waals surface area (Å²) < 4.78 is 23.8. The first-order valence-electron chi connectivity index (χ1n) is 6.76. The van der Waals surface area contributed by atoms with Gasteiger partial charge in [0.25, 0.3) is 0 Å². The van der Waals surface area contributed by atoms with Crippen LogP contribution in [0.5, 0.6) is 11.5 Å². The van der Waals surface area contributed by atoms with E-state index in [1.165, 1.54) is 12.1 Å². The normalized spacial score (nSPS) is 14.2. The molecule has 2 aromatic carbocycles. The van der Waals surface area contributed by atoms with Crippen molar-refractivity contribution in [1.82, 2.24) is 5.32 Å². The maximum atomic E-state index is 13.1. The van der Waals surface area contributed by atoms with Crippen molar-refractivity contribution >= 4 is 0 Å². The summed E-state index contributed by atoms with van der Waals surface area (Å²) in [5.41, 5.74) is 1.52. The summed E-state index contributed by atoms with van der Waals surface area (Å²) in [4.78, 5) is 0. The third-order valence-corrected chi connectivity index (χ3v) is 3.36. The van der Waals surface area contributed by atoms with E-state index in [0.717, 1.165) is 17.1 Å². The van der Waals surface area contributed by atoms with Crippen LogP contribution in [0.25, 0.3) is 0 Å². The van der Waals surface area contributed by atoms with Crippen molar-refractivity contribution < 1.29 is 19.0 Å². The van der Waals surface area contributed by atoms with E-state index in [2.05, 4.69) is 5.32 Å². The SMILES string of the molecule is OC(CNCc1cccc2c1OCO2)c1cccc(F)c1. The molecule has 0 spiro atoms. The zero-order valence-electron chi connectivity index (χ0n) is 11.4. The van der Waals surface area contributed by atoms with Gasteiger partial charge in [0.15, 0.2) is 11.5 Å². The van der Waals surface area contributed by atoms with Crippen LogP contribution in [-0.2, 0) is 6.54 Å². The summed E-state index contributed by atoms with van der Waals surface area (Å²) in [5.74, 6) is 1.13. The molecule has 110 valence electrons. The first-order valence-corrected chi connectivity index (χ1v) is 6.76. The van der Waals surface area contributed by atoms with Crippen LogP contribution in [0, 0.1) is 5.82 Å². The highest BCUT2D eigenvalue weighted by Gasteiger charge is 2.17. The van der Waals surface area contributed by atoms with Gasteiger partial charge in [-0.3, -0.25) is 0 Å². The lowest BCUT2D eigenvalue weighted by Gasteiger charge is -2.13. The number of fused-ring (bicyclic) bond motifs is 1. The first-order chi connectivity index (χ1) is 10.2. The fraction of sp³-hybridized carbons (Fsp3) is 0.250. The second-order valence-corrected chi connectivity index (χ2v) is 4.85. The fourth-order valence-electron chi connectivity index (χ4n) is 2.31. The van der Waals surface area contributed by atoms with Gasteiger partial charge in [-0.15, -0.1) is 0 Å². The van der Waals surface area contributed by atoms with Crippen LogP contribution in [0.15, 0.2) is 42.5 Å². The van der Waals surface area contributed by atoms with E-state index >= 15 is 0 Å². The van der Waals surface area contributed by atoms with Crippen molar-refractivity contribution in [1.29, 1.82) is 0 Å². The predicted molar refractivity (Wildman–Crippen MR) is 75.6 cm³/mol. The molecule has 1 unspecified atom stereocenters. The Hall–Kier alpha value is -2.11. The van der Waals surface area contributed by atoms with E-state index in [1.54, 1.807) is 12.1 Å². The Morgan fingerprint density at radius 1 is 1.19 bits per heavy atom. The summed E-state index contributed by atoms with van der Waals surface area (Å²) >= 11 is 0. The first kappa shape index (κ1) is 13.9. The molecule has 21 heavy (non-hydrogen) atoms. The highest BCUT2D eigenvalue weighted by Crippen LogP contribution is 2.35. The molecule has 2 N–H and O–H groups in total. The maximum Gasteiger partial charge on any atom is 0.231 e. The number of benzene rings is 2. The Labute approximate surface area is 122 Å². The van der Waals surface area contributed by atoms with Crippen LogP contribution in [0.1, 0.15) is 17.2 Å². The van der Waals surface area contributed by atoms with Gasteiger partial charge in [-0.1, -0.05) is 24.3 Å². The highest BCUT2D eigenvalue weighted by molar-refractivity contribution is 5.48. The zero-order chi connectivity index (χ0) is 14.7. The van der Waals surface area contributed by atoms with Gasteiger partial charge >= 0.3 is 0 Å². The average Bonchev–Trinajstić information content (AvgIpc) is 2.96. The lowest BCUT2D eigenvalue weighted by molar-refractivity contribution is 0.170. The standard InChI is InChI=1S/C16H16FNO3/c17-13-5-1-3-11(7-13)14(19)9-18-8-12-4-2-6-15-16(12)21-10-20-15/h1-7,14,18-19H,8-10H2. The molecule has 0 bridgehead atoms. The third kappa shape index (κ3) is 3.15. The van der Waals surface area contributed by atoms with Gasteiger partial charge in [-0.2, -0.15) is 0 Å². The number of hydrogen-bond donors (Lipinski definition) is 2. The van der Waals surface area contributed by atoms with Crippen molar-refractivity contribution in [3.8, 4) is 11.5 Å². The molecule has 0 fully saturated rings. The zero-order valence-corrected chi connectivity index (χ0v) is 11.4. The fourth-order valence-corrected chi connectivity index (χ4v) is 2.31. The van der Waals surface area contributed by atoms with E-state index in [9.17, 15) is 9.50 Å². The average molecular weight is 289 g/mol. The van der Waals surface area contributed by atoms with Crippen molar-refractivity contribution in [2.45, 2.75) is 12.6 Å². The van der Waals surface area contributed by atoms with Gasteiger partial charge in [-0.25, -0.2) is 4.39 Å². The Morgan fingerprint density at radius 2 is 2.05 bits per heavy atom. The molecule has 4 nitrogen and oxygen atoms in total. The van der Waals surface area contributed by atoms with Crippen LogP contribution < -0.4 is 14.8 Å².